The van der Waals surface area contributed by atoms with Crippen molar-refractivity contribution in [3.63, 3.8) is 0 Å². The number of ether oxygens (including phenoxy) is 4. The Morgan fingerprint density at radius 1 is 0.903 bits per heavy atom. The topological polar surface area (TPSA) is 57.2 Å². The van der Waals surface area contributed by atoms with Gasteiger partial charge in [-0.25, -0.2) is 0 Å². The van der Waals surface area contributed by atoms with E-state index in [-0.39, 0.29) is 24.7 Å². The molecule has 170 valence electrons. The maximum atomic E-state index is 10.1. The Bertz CT molecular complexity index is 738. The van der Waals surface area contributed by atoms with Gasteiger partial charge >= 0.3 is 0 Å². The largest absolute Gasteiger partial charge is 0.394 e. The molecule has 5 nitrogen and oxygen atoms in total. The minimum atomic E-state index is -0.514. The average molecular weight is 429 g/mol. The number of rotatable bonds is 11. The van der Waals surface area contributed by atoms with Crippen LogP contribution in [0.2, 0.25) is 0 Å². The number of hydrogen-bond acceptors (Lipinski definition) is 5. The zero-order chi connectivity index (χ0) is 22.1. The first-order valence-electron chi connectivity index (χ1n) is 11.3. The lowest BCUT2D eigenvalue weighted by atomic mass is 9.91. The summed E-state index contributed by atoms with van der Waals surface area (Å²) in [5.74, 6) is -0.0495. The monoisotopic (exact) mass is 428 g/mol. The van der Waals surface area contributed by atoms with Crippen molar-refractivity contribution in [2.45, 2.75) is 77.5 Å². The zero-order valence-corrected chi connectivity index (χ0v) is 18.9. The van der Waals surface area contributed by atoms with Gasteiger partial charge in [0.2, 0.25) is 0 Å². The van der Waals surface area contributed by atoms with Crippen molar-refractivity contribution < 1.29 is 24.1 Å². The Hall–Kier alpha value is -1.76. The average Bonchev–Trinajstić information content (AvgIpc) is 2.80. The molecular formula is C26H36O5. The van der Waals surface area contributed by atoms with Crippen LogP contribution in [0.4, 0.5) is 0 Å². The van der Waals surface area contributed by atoms with Gasteiger partial charge in [-0.3, -0.25) is 0 Å². The Kier molecular flexibility index (Phi) is 9.50. The molecule has 1 aliphatic heterocycles. The molecule has 0 amide bonds. The molecule has 6 atom stereocenters. The van der Waals surface area contributed by atoms with E-state index in [1.807, 2.05) is 60.7 Å². The molecule has 1 unspecified atom stereocenters. The zero-order valence-electron chi connectivity index (χ0n) is 18.9. The van der Waals surface area contributed by atoms with Gasteiger partial charge in [0, 0.05) is 5.92 Å². The molecular weight excluding hydrogens is 392 g/mol. The van der Waals surface area contributed by atoms with Gasteiger partial charge in [-0.2, -0.15) is 0 Å². The molecule has 0 bridgehead atoms. The summed E-state index contributed by atoms with van der Waals surface area (Å²) >= 11 is 0. The second-order valence-electron chi connectivity index (χ2n) is 8.34. The summed E-state index contributed by atoms with van der Waals surface area (Å²) in [6, 6.07) is 20.1. The summed E-state index contributed by atoms with van der Waals surface area (Å²) in [6.45, 7) is 7.02. The van der Waals surface area contributed by atoms with Crippen molar-refractivity contribution in [2.24, 2.45) is 5.92 Å². The van der Waals surface area contributed by atoms with Crippen LogP contribution in [-0.2, 0) is 32.2 Å². The molecule has 2 aromatic rings. The van der Waals surface area contributed by atoms with Crippen molar-refractivity contribution >= 4 is 0 Å². The molecule has 0 radical (unpaired) electrons. The van der Waals surface area contributed by atoms with E-state index in [9.17, 15) is 5.11 Å². The molecule has 1 N–H and O–H groups in total. The SMILES string of the molecule is CCCC(C)O[C@H]1O[C@H](CO)[C@@H](OCc2ccccc2)[C@H](OCc2ccccc2)[C@H]1C. The van der Waals surface area contributed by atoms with Gasteiger partial charge in [-0.15, -0.1) is 0 Å². The van der Waals surface area contributed by atoms with Crippen LogP contribution in [0.25, 0.3) is 0 Å². The molecule has 0 aromatic heterocycles. The third-order valence-electron chi connectivity index (χ3n) is 5.76. The molecule has 5 heteroatoms. The van der Waals surface area contributed by atoms with E-state index in [2.05, 4.69) is 20.8 Å². The van der Waals surface area contributed by atoms with E-state index < -0.39 is 18.5 Å². The van der Waals surface area contributed by atoms with Crippen molar-refractivity contribution in [3.8, 4) is 0 Å². The Balaban J connectivity index is 1.75. The standard InChI is InChI=1S/C26H36O5/c1-4-11-19(2)30-26-20(3)24(28-17-21-12-7-5-8-13-21)25(23(16-27)31-26)29-18-22-14-9-6-10-15-22/h5-10,12-15,19-20,23-27H,4,11,16-18H2,1-3H3/t19?,20-,23-,24-,25-,26+/m1/s1. The van der Waals surface area contributed by atoms with Crippen LogP contribution in [0.5, 0.6) is 0 Å². The quantitative estimate of drug-likeness (QED) is 0.561. The van der Waals surface area contributed by atoms with E-state index in [0.717, 1.165) is 24.0 Å². The van der Waals surface area contributed by atoms with Crippen molar-refractivity contribution in [1.29, 1.82) is 0 Å². The summed E-state index contributed by atoms with van der Waals surface area (Å²) in [6.07, 6.45) is 0.449. The van der Waals surface area contributed by atoms with Crippen molar-refractivity contribution in [1.82, 2.24) is 0 Å². The van der Waals surface area contributed by atoms with Gasteiger partial charge in [0.05, 0.1) is 32.0 Å². The van der Waals surface area contributed by atoms with E-state index >= 15 is 0 Å². The second-order valence-corrected chi connectivity index (χ2v) is 8.34. The molecule has 0 spiro atoms. The van der Waals surface area contributed by atoms with Gasteiger partial charge in [0.1, 0.15) is 12.2 Å². The maximum Gasteiger partial charge on any atom is 0.163 e. The van der Waals surface area contributed by atoms with Gasteiger partial charge in [-0.05, 0) is 24.5 Å². The smallest absolute Gasteiger partial charge is 0.163 e. The summed E-state index contributed by atoms with van der Waals surface area (Å²) in [5, 5.41) is 10.1. The first kappa shape index (κ1) is 23.9. The lowest BCUT2D eigenvalue weighted by Crippen LogP contribution is -2.57. The predicted octanol–water partition coefficient (Wildman–Crippen LogP) is 4.72. The highest BCUT2D eigenvalue weighted by atomic mass is 16.7. The summed E-state index contributed by atoms with van der Waals surface area (Å²) in [4.78, 5) is 0. The lowest BCUT2D eigenvalue weighted by Gasteiger charge is -2.45. The fourth-order valence-electron chi connectivity index (χ4n) is 4.03. The van der Waals surface area contributed by atoms with Crippen LogP contribution < -0.4 is 0 Å². The minimum absolute atomic E-state index is 0.0495. The third-order valence-corrected chi connectivity index (χ3v) is 5.76. The fraction of sp³-hybridized carbons (Fsp3) is 0.538. The molecule has 0 aliphatic carbocycles. The molecule has 1 saturated heterocycles. The number of hydrogen-bond donors (Lipinski definition) is 1. The Morgan fingerprint density at radius 2 is 1.45 bits per heavy atom. The number of aliphatic hydroxyl groups is 1. The number of aliphatic hydroxyl groups excluding tert-OH is 1. The van der Waals surface area contributed by atoms with E-state index in [1.165, 1.54) is 0 Å². The molecule has 1 fully saturated rings. The highest BCUT2D eigenvalue weighted by Gasteiger charge is 2.46. The normalized spacial score (nSPS) is 27.2. The Morgan fingerprint density at radius 3 is 1.97 bits per heavy atom. The molecule has 31 heavy (non-hydrogen) atoms. The molecule has 1 heterocycles. The first-order chi connectivity index (χ1) is 15.1. The van der Waals surface area contributed by atoms with Crippen LogP contribution in [0.3, 0.4) is 0 Å². The van der Waals surface area contributed by atoms with E-state index in [1.54, 1.807) is 0 Å². The van der Waals surface area contributed by atoms with Crippen LogP contribution in [-0.4, -0.2) is 42.4 Å². The van der Waals surface area contributed by atoms with Gasteiger partial charge in [0.25, 0.3) is 0 Å². The van der Waals surface area contributed by atoms with Gasteiger partial charge in [0.15, 0.2) is 6.29 Å². The highest BCUT2D eigenvalue weighted by molar-refractivity contribution is 5.14. The van der Waals surface area contributed by atoms with E-state index in [4.69, 9.17) is 18.9 Å². The fourth-order valence-corrected chi connectivity index (χ4v) is 4.03. The summed E-state index contributed by atoms with van der Waals surface area (Å²) < 4.78 is 25.0. The van der Waals surface area contributed by atoms with Crippen LogP contribution in [0, 0.1) is 5.92 Å². The molecule has 1 aliphatic rings. The number of benzene rings is 2. The lowest BCUT2D eigenvalue weighted by molar-refractivity contribution is -0.308. The van der Waals surface area contributed by atoms with Crippen LogP contribution >= 0.6 is 0 Å². The first-order valence-corrected chi connectivity index (χ1v) is 11.3. The van der Waals surface area contributed by atoms with Crippen molar-refractivity contribution in [3.05, 3.63) is 71.8 Å². The highest BCUT2D eigenvalue weighted by Crippen LogP contribution is 2.33. The third kappa shape index (κ3) is 6.86. The molecule has 0 saturated carbocycles. The second kappa shape index (κ2) is 12.3. The van der Waals surface area contributed by atoms with Gasteiger partial charge < -0.3 is 24.1 Å². The summed E-state index contributed by atoms with van der Waals surface area (Å²) in [7, 11) is 0. The molecule has 2 aromatic carbocycles. The van der Waals surface area contributed by atoms with E-state index in [0.29, 0.717) is 13.2 Å². The Labute approximate surface area is 186 Å². The maximum absolute atomic E-state index is 10.1. The van der Waals surface area contributed by atoms with Crippen LogP contribution in [0.1, 0.15) is 44.7 Å². The van der Waals surface area contributed by atoms with Gasteiger partial charge in [-0.1, -0.05) is 80.9 Å². The molecule has 3 rings (SSSR count). The van der Waals surface area contributed by atoms with Crippen LogP contribution in [0.15, 0.2) is 60.7 Å². The van der Waals surface area contributed by atoms with Crippen molar-refractivity contribution in [2.75, 3.05) is 6.61 Å². The minimum Gasteiger partial charge on any atom is -0.394 e. The predicted molar refractivity (Wildman–Crippen MR) is 120 cm³/mol. The summed E-state index contributed by atoms with van der Waals surface area (Å²) in [5.41, 5.74) is 2.17.